The minimum Gasteiger partial charge on any atom is -0.486 e. The molecule has 0 atom stereocenters. The van der Waals surface area contributed by atoms with Gasteiger partial charge in [-0.1, -0.05) is 18.2 Å². The summed E-state index contributed by atoms with van der Waals surface area (Å²) in [6, 6.07) is 7.98. The smallest absolute Gasteiger partial charge is 0.237 e. The van der Waals surface area contributed by atoms with Gasteiger partial charge in [-0.25, -0.2) is 9.97 Å². The van der Waals surface area contributed by atoms with Crippen molar-refractivity contribution in [2.45, 2.75) is 20.0 Å². The summed E-state index contributed by atoms with van der Waals surface area (Å²) in [7, 11) is 0. The number of carbonyl (C=O) groups is 1. The van der Waals surface area contributed by atoms with Crippen LogP contribution in [0, 0.1) is 13.8 Å². The number of anilines is 1. The first-order chi connectivity index (χ1) is 13.6. The predicted octanol–water partition coefficient (Wildman–Crippen LogP) is 1.51. The van der Waals surface area contributed by atoms with Crippen molar-refractivity contribution in [2.75, 3.05) is 50.7 Å². The molecule has 0 saturated carbocycles. The van der Waals surface area contributed by atoms with E-state index in [0.717, 1.165) is 49.0 Å². The first kappa shape index (κ1) is 18.7. The Hall–Kier alpha value is -2.67. The number of piperazine rings is 1. The maximum Gasteiger partial charge on any atom is 0.237 e. The summed E-state index contributed by atoms with van der Waals surface area (Å²) in [6.45, 7) is 9.31. The second kappa shape index (κ2) is 8.14. The molecular formula is C21H27N5O2. The van der Waals surface area contributed by atoms with Crippen molar-refractivity contribution in [3.05, 3.63) is 47.8 Å². The number of nitrogens with zero attached hydrogens (tertiary/aromatic N) is 5. The molecule has 7 nitrogen and oxygen atoms in total. The zero-order valence-corrected chi connectivity index (χ0v) is 16.5. The normalized spacial score (nSPS) is 18.1. The summed E-state index contributed by atoms with van der Waals surface area (Å²) in [5.41, 5.74) is 2.29. The topological polar surface area (TPSA) is 61.8 Å². The molecular weight excluding hydrogens is 354 g/mol. The average Bonchev–Trinajstić information content (AvgIpc) is 2.67. The highest BCUT2D eigenvalue weighted by molar-refractivity contribution is 5.79. The number of ether oxygens (including phenoxy) is 1. The summed E-state index contributed by atoms with van der Waals surface area (Å²) in [5.74, 6) is 1.91. The van der Waals surface area contributed by atoms with Crippen molar-refractivity contribution in [2.24, 2.45) is 0 Å². The highest BCUT2D eigenvalue weighted by atomic mass is 16.5. The van der Waals surface area contributed by atoms with E-state index in [0.29, 0.717) is 19.6 Å². The van der Waals surface area contributed by atoms with Crippen molar-refractivity contribution >= 4 is 11.9 Å². The summed E-state index contributed by atoms with van der Waals surface area (Å²) in [6.07, 6.45) is 3.62. The van der Waals surface area contributed by atoms with Gasteiger partial charge >= 0.3 is 0 Å². The number of amides is 1. The molecule has 3 heterocycles. The van der Waals surface area contributed by atoms with Crippen LogP contribution in [-0.4, -0.2) is 77.6 Å². The predicted molar refractivity (Wildman–Crippen MR) is 108 cm³/mol. The Balaban J connectivity index is 1.21. The van der Waals surface area contributed by atoms with Crippen LogP contribution in [0.5, 0.6) is 5.75 Å². The Morgan fingerprint density at radius 1 is 1.04 bits per heavy atom. The second-order valence-electron chi connectivity index (χ2n) is 7.57. The van der Waals surface area contributed by atoms with Crippen LogP contribution < -0.4 is 9.64 Å². The molecule has 2 aliphatic rings. The van der Waals surface area contributed by atoms with Crippen molar-refractivity contribution in [1.29, 1.82) is 0 Å². The Morgan fingerprint density at radius 3 is 2.32 bits per heavy atom. The number of likely N-dealkylation sites (tertiary alicyclic amines) is 1. The van der Waals surface area contributed by atoms with Gasteiger partial charge in [0.15, 0.2) is 0 Å². The molecule has 148 valence electrons. The number of hydrogen-bond acceptors (Lipinski definition) is 6. The first-order valence-corrected chi connectivity index (χ1v) is 9.85. The number of aryl methyl sites for hydroxylation is 2. The van der Waals surface area contributed by atoms with Gasteiger partial charge in [-0.15, -0.1) is 0 Å². The minimum atomic E-state index is 0.0934. The van der Waals surface area contributed by atoms with Crippen LogP contribution in [0.4, 0.5) is 5.95 Å². The van der Waals surface area contributed by atoms with Gasteiger partial charge in [0, 0.05) is 38.6 Å². The maximum absolute atomic E-state index is 12.6. The number of carbonyl (C=O) groups excluding carboxylic acids is 1. The van der Waals surface area contributed by atoms with Gasteiger partial charge in [-0.05, 0) is 31.0 Å². The molecule has 0 N–H and O–H groups in total. The number of benzene rings is 1. The van der Waals surface area contributed by atoms with Gasteiger partial charge in [-0.2, -0.15) is 0 Å². The van der Waals surface area contributed by atoms with Gasteiger partial charge in [0.2, 0.25) is 11.9 Å². The molecule has 0 spiro atoms. The van der Waals surface area contributed by atoms with E-state index in [-0.39, 0.29) is 12.0 Å². The number of para-hydroxylation sites is 1. The van der Waals surface area contributed by atoms with Crippen LogP contribution in [0.2, 0.25) is 0 Å². The fraction of sp³-hybridized carbons (Fsp3) is 0.476. The Morgan fingerprint density at radius 2 is 1.68 bits per heavy atom. The largest absolute Gasteiger partial charge is 0.486 e. The number of aromatic nitrogens is 2. The lowest BCUT2D eigenvalue weighted by atomic mass is 10.1. The molecule has 2 fully saturated rings. The summed E-state index contributed by atoms with van der Waals surface area (Å²) < 4.78 is 6.12. The van der Waals surface area contributed by atoms with Gasteiger partial charge in [0.1, 0.15) is 11.9 Å². The van der Waals surface area contributed by atoms with Gasteiger partial charge < -0.3 is 14.5 Å². The third-order valence-electron chi connectivity index (χ3n) is 5.46. The third kappa shape index (κ3) is 4.09. The second-order valence-corrected chi connectivity index (χ2v) is 7.57. The third-order valence-corrected chi connectivity index (χ3v) is 5.46. The van der Waals surface area contributed by atoms with E-state index in [2.05, 4.69) is 45.7 Å². The fourth-order valence-electron chi connectivity index (χ4n) is 3.72. The zero-order valence-electron chi connectivity index (χ0n) is 16.5. The molecule has 1 aromatic heterocycles. The van der Waals surface area contributed by atoms with Crippen molar-refractivity contribution in [1.82, 2.24) is 19.8 Å². The molecule has 1 amide bonds. The molecule has 0 bridgehead atoms. The monoisotopic (exact) mass is 381 g/mol. The lowest BCUT2D eigenvalue weighted by Crippen LogP contribution is -2.59. The quantitative estimate of drug-likeness (QED) is 0.782. The van der Waals surface area contributed by atoms with E-state index in [4.69, 9.17) is 4.74 Å². The van der Waals surface area contributed by atoms with Crippen LogP contribution in [0.25, 0.3) is 0 Å². The van der Waals surface area contributed by atoms with E-state index in [9.17, 15) is 4.79 Å². The molecule has 0 aliphatic carbocycles. The summed E-state index contributed by atoms with van der Waals surface area (Å²) in [4.78, 5) is 27.4. The van der Waals surface area contributed by atoms with E-state index >= 15 is 0 Å². The molecule has 2 aromatic rings. The number of hydrogen-bond donors (Lipinski definition) is 0. The van der Waals surface area contributed by atoms with E-state index in [1.807, 2.05) is 17.0 Å². The molecule has 2 saturated heterocycles. The van der Waals surface area contributed by atoms with Crippen molar-refractivity contribution in [3.63, 3.8) is 0 Å². The SMILES string of the molecule is Cc1cccc(C)c1OC1CN(C(=O)CN2CCN(c3ncccn3)CC2)C1. The molecule has 7 heteroatoms. The van der Waals surface area contributed by atoms with Crippen LogP contribution in [0.1, 0.15) is 11.1 Å². The Bertz CT molecular complexity index is 795. The summed E-state index contributed by atoms with van der Waals surface area (Å²) >= 11 is 0. The Labute approximate surface area is 165 Å². The minimum absolute atomic E-state index is 0.0934. The van der Waals surface area contributed by atoms with E-state index < -0.39 is 0 Å². The van der Waals surface area contributed by atoms with Crippen LogP contribution in [-0.2, 0) is 4.79 Å². The van der Waals surface area contributed by atoms with Crippen LogP contribution >= 0.6 is 0 Å². The maximum atomic E-state index is 12.6. The first-order valence-electron chi connectivity index (χ1n) is 9.85. The van der Waals surface area contributed by atoms with Crippen molar-refractivity contribution in [3.8, 4) is 5.75 Å². The molecule has 4 rings (SSSR count). The van der Waals surface area contributed by atoms with Crippen molar-refractivity contribution < 1.29 is 9.53 Å². The lowest BCUT2D eigenvalue weighted by molar-refractivity contribution is -0.141. The Kier molecular flexibility index (Phi) is 5.43. The lowest BCUT2D eigenvalue weighted by Gasteiger charge is -2.41. The molecule has 28 heavy (non-hydrogen) atoms. The van der Waals surface area contributed by atoms with Crippen LogP contribution in [0.15, 0.2) is 36.7 Å². The number of rotatable bonds is 5. The molecule has 0 unspecified atom stereocenters. The zero-order chi connectivity index (χ0) is 19.5. The molecule has 0 radical (unpaired) electrons. The average molecular weight is 381 g/mol. The van der Waals surface area contributed by atoms with Crippen LogP contribution in [0.3, 0.4) is 0 Å². The van der Waals surface area contributed by atoms with E-state index in [1.54, 1.807) is 12.4 Å². The molecule has 2 aliphatic heterocycles. The van der Waals surface area contributed by atoms with Gasteiger partial charge in [0.25, 0.3) is 0 Å². The van der Waals surface area contributed by atoms with Gasteiger partial charge in [0.05, 0.1) is 19.6 Å². The standard InChI is InChI=1S/C21H27N5O2/c1-16-5-3-6-17(2)20(16)28-18-13-26(14-18)19(27)15-24-9-11-25(12-10-24)21-22-7-4-8-23-21/h3-8,18H,9-15H2,1-2H3. The highest BCUT2D eigenvalue weighted by Gasteiger charge is 2.33. The van der Waals surface area contributed by atoms with E-state index in [1.165, 1.54) is 0 Å². The summed E-state index contributed by atoms with van der Waals surface area (Å²) in [5, 5.41) is 0. The van der Waals surface area contributed by atoms with Gasteiger partial charge in [-0.3, -0.25) is 9.69 Å². The highest BCUT2D eigenvalue weighted by Crippen LogP contribution is 2.26. The molecule has 1 aromatic carbocycles. The fourth-order valence-corrected chi connectivity index (χ4v) is 3.72.